The van der Waals surface area contributed by atoms with Crippen molar-refractivity contribution in [2.75, 3.05) is 11.3 Å². The third-order valence-electron chi connectivity index (χ3n) is 2.07. The molecule has 0 heterocycles. The first-order valence-corrected chi connectivity index (χ1v) is 7.51. The van der Waals surface area contributed by atoms with Crippen LogP contribution in [-0.4, -0.2) is 26.2 Å². The smallest absolute Gasteiger partial charge is 0.299 e. The van der Waals surface area contributed by atoms with Crippen molar-refractivity contribution < 1.29 is 17.9 Å². The lowest BCUT2D eigenvalue weighted by Crippen LogP contribution is -2.35. The zero-order valence-electron chi connectivity index (χ0n) is 11.3. The molecule has 0 radical (unpaired) electrons. The van der Waals surface area contributed by atoms with Crippen molar-refractivity contribution in [2.24, 2.45) is 0 Å². The molecule has 0 amide bonds. The van der Waals surface area contributed by atoms with Crippen molar-refractivity contribution in [1.82, 2.24) is 4.72 Å². The van der Waals surface area contributed by atoms with E-state index >= 15 is 0 Å². The Hall–Kier alpha value is -1.62. The Morgan fingerprint density at radius 2 is 2.10 bits per heavy atom. The second-order valence-corrected chi connectivity index (χ2v) is 5.79. The summed E-state index contributed by atoms with van der Waals surface area (Å²) in [5.41, 5.74) is 0.265. The number of hydrogen-bond acceptors (Lipinski definition) is 3. The van der Waals surface area contributed by atoms with Crippen LogP contribution in [0.2, 0.25) is 0 Å². The topological polar surface area (TPSA) is 78.4 Å². The van der Waals surface area contributed by atoms with Crippen LogP contribution in [0, 0.1) is 17.7 Å². The van der Waals surface area contributed by atoms with Gasteiger partial charge in [-0.1, -0.05) is 11.8 Å². The number of aliphatic hydroxyl groups excluding tert-OH is 1. The van der Waals surface area contributed by atoms with Gasteiger partial charge in [0.25, 0.3) is 10.2 Å². The van der Waals surface area contributed by atoms with Crippen LogP contribution in [0.3, 0.4) is 0 Å². The zero-order chi connectivity index (χ0) is 15.2. The van der Waals surface area contributed by atoms with E-state index in [2.05, 4.69) is 21.3 Å². The summed E-state index contributed by atoms with van der Waals surface area (Å²) in [5, 5.41) is 8.58. The van der Waals surface area contributed by atoms with Crippen molar-refractivity contribution in [3.63, 3.8) is 0 Å². The first-order chi connectivity index (χ1) is 9.34. The zero-order valence-corrected chi connectivity index (χ0v) is 12.1. The summed E-state index contributed by atoms with van der Waals surface area (Å²) in [6.45, 7) is 3.27. The summed E-state index contributed by atoms with van der Waals surface area (Å²) in [4.78, 5) is 0. The van der Waals surface area contributed by atoms with Crippen LogP contribution in [0.5, 0.6) is 0 Å². The quantitative estimate of drug-likeness (QED) is 0.715. The fourth-order valence-corrected chi connectivity index (χ4v) is 2.51. The van der Waals surface area contributed by atoms with Crippen LogP contribution in [0.25, 0.3) is 0 Å². The predicted molar refractivity (Wildman–Crippen MR) is 75.8 cm³/mol. The van der Waals surface area contributed by atoms with Crippen molar-refractivity contribution >= 4 is 15.9 Å². The molecule has 0 bridgehead atoms. The number of hydrogen-bond donors (Lipinski definition) is 3. The van der Waals surface area contributed by atoms with E-state index in [0.29, 0.717) is 0 Å². The summed E-state index contributed by atoms with van der Waals surface area (Å²) in [7, 11) is -3.72. The molecule has 110 valence electrons. The minimum absolute atomic E-state index is 0.0899. The Morgan fingerprint density at radius 3 is 2.65 bits per heavy atom. The summed E-state index contributed by atoms with van der Waals surface area (Å²) < 4.78 is 41.5. The van der Waals surface area contributed by atoms with E-state index in [9.17, 15) is 12.8 Å². The van der Waals surface area contributed by atoms with E-state index < -0.39 is 16.0 Å². The first kappa shape index (κ1) is 16.4. The average Bonchev–Trinajstić information content (AvgIpc) is 2.29. The SMILES string of the molecule is CC(C)NS(=O)(=O)Nc1ccc(C#CCCO)c(F)c1. The Morgan fingerprint density at radius 1 is 1.40 bits per heavy atom. The van der Waals surface area contributed by atoms with Gasteiger partial charge in [-0.2, -0.15) is 13.1 Å². The molecule has 1 rings (SSSR count). The van der Waals surface area contributed by atoms with Gasteiger partial charge in [-0.15, -0.1) is 0 Å². The maximum atomic E-state index is 13.7. The molecule has 5 nitrogen and oxygen atoms in total. The lowest BCUT2D eigenvalue weighted by atomic mass is 10.2. The fraction of sp³-hybridized carbons (Fsp3) is 0.385. The van der Waals surface area contributed by atoms with Crippen LogP contribution in [0.4, 0.5) is 10.1 Å². The Balaban J connectivity index is 2.86. The van der Waals surface area contributed by atoms with E-state index in [0.717, 1.165) is 6.07 Å². The molecule has 1 aromatic rings. The van der Waals surface area contributed by atoms with Gasteiger partial charge >= 0.3 is 0 Å². The van der Waals surface area contributed by atoms with Gasteiger partial charge in [0.2, 0.25) is 0 Å². The molecule has 0 aromatic heterocycles. The number of nitrogens with one attached hydrogen (secondary N) is 2. The highest BCUT2D eigenvalue weighted by Gasteiger charge is 2.12. The molecular weight excluding hydrogens is 283 g/mol. The number of benzene rings is 1. The molecule has 0 aliphatic heterocycles. The van der Waals surface area contributed by atoms with Gasteiger partial charge in [-0.25, -0.2) is 4.39 Å². The van der Waals surface area contributed by atoms with Crippen LogP contribution in [0.15, 0.2) is 18.2 Å². The molecular formula is C13H17FN2O3S. The number of rotatable bonds is 5. The third-order valence-corrected chi connectivity index (χ3v) is 3.36. The highest BCUT2D eigenvalue weighted by molar-refractivity contribution is 7.90. The van der Waals surface area contributed by atoms with Crippen LogP contribution in [-0.2, 0) is 10.2 Å². The average molecular weight is 300 g/mol. The van der Waals surface area contributed by atoms with E-state index in [-0.39, 0.29) is 30.3 Å². The number of halogens is 1. The lowest BCUT2D eigenvalue weighted by molar-refractivity contribution is 0.305. The van der Waals surface area contributed by atoms with Crippen molar-refractivity contribution in [3.05, 3.63) is 29.6 Å². The van der Waals surface area contributed by atoms with Gasteiger partial charge in [-0.3, -0.25) is 4.72 Å². The maximum absolute atomic E-state index is 13.7. The number of aliphatic hydroxyl groups is 1. The largest absolute Gasteiger partial charge is 0.395 e. The van der Waals surface area contributed by atoms with Gasteiger partial charge in [-0.05, 0) is 32.0 Å². The normalized spacial score (nSPS) is 11.1. The summed E-state index contributed by atoms with van der Waals surface area (Å²) in [6.07, 6.45) is 0.256. The van der Waals surface area contributed by atoms with Crippen molar-refractivity contribution in [3.8, 4) is 11.8 Å². The summed E-state index contributed by atoms with van der Waals surface area (Å²) in [6, 6.07) is 3.60. The predicted octanol–water partition coefficient (Wildman–Crippen LogP) is 1.21. The monoisotopic (exact) mass is 300 g/mol. The molecule has 3 N–H and O–H groups in total. The highest BCUT2D eigenvalue weighted by Crippen LogP contribution is 2.14. The minimum atomic E-state index is -3.72. The molecule has 0 unspecified atom stereocenters. The Kier molecular flexibility index (Phi) is 5.95. The Bertz CT molecular complexity index is 618. The third kappa shape index (κ3) is 5.57. The molecule has 0 fully saturated rings. The summed E-state index contributed by atoms with van der Waals surface area (Å²) in [5.74, 6) is 4.53. The molecule has 0 saturated carbocycles. The second kappa shape index (κ2) is 7.24. The van der Waals surface area contributed by atoms with E-state index in [1.165, 1.54) is 12.1 Å². The molecule has 0 aliphatic carbocycles. The maximum Gasteiger partial charge on any atom is 0.299 e. The lowest BCUT2D eigenvalue weighted by Gasteiger charge is -2.11. The molecule has 7 heteroatoms. The molecule has 0 spiro atoms. The van der Waals surface area contributed by atoms with E-state index in [4.69, 9.17) is 5.11 Å². The summed E-state index contributed by atoms with van der Waals surface area (Å²) >= 11 is 0. The van der Waals surface area contributed by atoms with Gasteiger partial charge in [0, 0.05) is 12.5 Å². The Labute approximate surface area is 118 Å². The van der Waals surface area contributed by atoms with E-state index in [1.54, 1.807) is 13.8 Å². The van der Waals surface area contributed by atoms with Crippen molar-refractivity contribution in [2.45, 2.75) is 26.3 Å². The fourth-order valence-electron chi connectivity index (χ4n) is 1.39. The minimum Gasteiger partial charge on any atom is -0.395 e. The highest BCUT2D eigenvalue weighted by atomic mass is 32.2. The first-order valence-electron chi connectivity index (χ1n) is 6.03. The van der Waals surface area contributed by atoms with Crippen LogP contribution in [0.1, 0.15) is 25.8 Å². The van der Waals surface area contributed by atoms with Gasteiger partial charge in [0.1, 0.15) is 5.82 Å². The standard InChI is InChI=1S/C13H17FN2O3S/c1-10(2)15-20(18,19)16-12-7-6-11(13(14)9-12)5-3-4-8-17/h6-7,9-10,15-17H,4,8H2,1-2H3. The second-order valence-electron chi connectivity index (χ2n) is 4.35. The van der Waals surface area contributed by atoms with Gasteiger partial charge in [0.15, 0.2) is 0 Å². The molecule has 0 aliphatic rings. The van der Waals surface area contributed by atoms with E-state index in [1.807, 2.05) is 0 Å². The molecule has 20 heavy (non-hydrogen) atoms. The number of anilines is 1. The molecule has 1 aromatic carbocycles. The van der Waals surface area contributed by atoms with Crippen LogP contribution >= 0.6 is 0 Å². The molecule has 0 saturated heterocycles. The van der Waals surface area contributed by atoms with Gasteiger partial charge < -0.3 is 5.11 Å². The van der Waals surface area contributed by atoms with Crippen molar-refractivity contribution in [1.29, 1.82) is 0 Å². The van der Waals surface area contributed by atoms with Crippen LogP contribution < -0.4 is 9.44 Å². The van der Waals surface area contributed by atoms with Gasteiger partial charge in [0.05, 0.1) is 17.9 Å². The molecule has 0 atom stereocenters.